The molecule has 3 heterocycles. The van der Waals surface area contributed by atoms with Crippen LogP contribution in [0.3, 0.4) is 0 Å². The van der Waals surface area contributed by atoms with E-state index in [-0.39, 0.29) is 42.3 Å². The van der Waals surface area contributed by atoms with Gasteiger partial charge in [0.05, 0.1) is 23.8 Å². The third kappa shape index (κ3) is 6.35. The molecule has 1 saturated carbocycles. The summed E-state index contributed by atoms with van der Waals surface area (Å²) < 4.78 is 61.9. The zero-order valence-corrected chi connectivity index (χ0v) is 22.1. The number of carbonyl (C=O) groups is 1. The number of hydrogen-bond acceptors (Lipinski definition) is 7. The van der Waals surface area contributed by atoms with E-state index in [2.05, 4.69) is 20.8 Å². The highest BCUT2D eigenvalue weighted by molar-refractivity contribution is 5.96. The molecule has 2 aromatic heterocycles. The van der Waals surface area contributed by atoms with Gasteiger partial charge in [0.15, 0.2) is 0 Å². The van der Waals surface area contributed by atoms with Crippen molar-refractivity contribution < 1.29 is 26.9 Å². The average molecular weight is 552 g/mol. The number of nitrogens with one attached hydrogen (secondary N) is 2. The molecule has 0 spiro atoms. The van der Waals surface area contributed by atoms with Gasteiger partial charge in [-0.15, -0.1) is 0 Å². The average Bonchev–Trinajstić information content (AvgIpc) is 3.28. The van der Waals surface area contributed by atoms with Gasteiger partial charge in [0.2, 0.25) is 17.6 Å². The summed E-state index contributed by atoms with van der Waals surface area (Å²) in [6, 6.07) is 6.06. The van der Waals surface area contributed by atoms with E-state index in [4.69, 9.17) is 4.52 Å². The molecule has 0 unspecified atom stereocenters. The van der Waals surface area contributed by atoms with E-state index in [9.17, 15) is 22.4 Å². The third-order valence-electron chi connectivity index (χ3n) is 7.34. The molecule has 1 amide bonds. The summed E-state index contributed by atoms with van der Waals surface area (Å²) in [6.07, 6.45) is -4.23. The van der Waals surface area contributed by atoms with Crippen LogP contribution in [0, 0.1) is 11.8 Å². The molecule has 1 aliphatic carbocycles. The molecular weight excluding hydrogens is 518 g/mol. The number of fused-ring (bicyclic) bond motifs is 1. The molecule has 2 N–H and O–H groups in total. The Morgan fingerprint density at radius 1 is 1.28 bits per heavy atom. The van der Waals surface area contributed by atoms with Crippen LogP contribution in [0.5, 0.6) is 0 Å². The van der Waals surface area contributed by atoms with Crippen molar-refractivity contribution in [3.63, 3.8) is 0 Å². The number of piperidine rings is 1. The van der Waals surface area contributed by atoms with E-state index in [0.717, 1.165) is 17.5 Å². The highest BCUT2D eigenvalue weighted by Gasteiger charge is 2.43. The highest BCUT2D eigenvalue weighted by Crippen LogP contribution is 2.39. The number of amides is 1. The predicted octanol–water partition coefficient (Wildman–Crippen LogP) is 3.52. The summed E-state index contributed by atoms with van der Waals surface area (Å²) in [5.41, 5.74) is 0.974. The van der Waals surface area contributed by atoms with Gasteiger partial charge in [-0.25, -0.2) is 4.39 Å². The fourth-order valence-electron chi connectivity index (χ4n) is 5.33. The van der Waals surface area contributed by atoms with Crippen LogP contribution < -0.4 is 10.6 Å². The van der Waals surface area contributed by atoms with Gasteiger partial charge in [-0.2, -0.15) is 18.2 Å². The van der Waals surface area contributed by atoms with Gasteiger partial charge in [0.25, 0.3) is 0 Å². The number of hydrogen-bond donors (Lipinski definition) is 2. The number of aromatic nitrogens is 3. The SMILES string of the molecule is CN(C)C[C@@H]1C[C@H]1C(=O)NCc1nc(-c2cc3c(N[C@@H]4CCN(C)C[C@@H]4F)cccc3n2CC(F)(F)F)no1. The van der Waals surface area contributed by atoms with E-state index in [1.54, 1.807) is 24.3 Å². The van der Waals surface area contributed by atoms with Crippen molar-refractivity contribution in [3.8, 4) is 11.5 Å². The van der Waals surface area contributed by atoms with Crippen molar-refractivity contribution in [2.24, 2.45) is 11.8 Å². The van der Waals surface area contributed by atoms with Crippen LogP contribution in [0.15, 0.2) is 28.8 Å². The van der Waals surface area contributed by atoms with Crippen molar-refractivity contribution in [1.82, 2.24) is 29.8 Å². The summed E-state index contributed by atoms with van der Waals surface area (Å²) in [4.78, 5) is 20.7. The minimum atomic E-state index is -4.50. The molecule has 5 rings (SSSR count). The number of halogens is 4. The topological polar surface area (TPSA) is 91.5 Å². The first-order valence-corrected chi connectivity index (χ1v) is 13.0. The van der Waals surface area contributed by atoms with E-state index >= 15 is 0 Å². The maximum atomic E-state index is 14.7. The normalized spacial score (nSPS) is 23.9. The van der Waals surface area contributed by atoms with Gasteiger partial charge in [-0.1, -0.05) is 11.2 Å². The Labute approximate surface area is 223 Å². The van der Waals surface area contributed by atoms with Crippen molar-refractivity contribution in [1.29, 1.82) is 0 Å². The molecule has 4 atom stereocenters. The first kappa shape index (κ1) is 27.4. The number of benzene rings is 1. The van der Waals surface area contributed by atoms with Crippen molar-refractivity contribution >= 4 is 22.5 Å². The molecule has 1 saturated heterocycles. The van der Waals surface area contributed by atoms with Crippen molar-refractivity contribution in [3.05, 3.63) is 30.2 Å². The lowest BCUT2D eigenvalue weighted by atomic mass is 10.0. The molecule has 2 fully saturated rings. The van der Waals surface area contributed by atoms with Crippen LogP contribution in [0.2, 0.25) is 0 Å². The molecular formula is C26H33F4N7O2. The zero-order valence-electron chi connectivity index (χ0n) is 22.1. The first-order valence-electron chi connectivity index (χ1n) is 13.0. The van der Waals surface area contributed by atoms with Gasteiger partial charge < -0.3 is 29.5 Å². The van der Waals surface area contributed by atoms with Gasteiger partial charge in [-0.3, -0.25) is 4.79 Å². The largest absolute Gasteiger partial charge is 0.406 e. The summed E-state index contributed by atoms with van der Waals surface area (Å²) in [5, 5.41) is 10.4. The van der Waals surface area contributed by atoms with Crippen molar-refractivity contribution in [2.75, 3.05) is 46.1 Å². The maximum Gasteiger partial charge on any atom is 0.406 e. The maximum absolute atomic E-state index is 14.7. The van der Waals surface area contributed by atoms with E-state index in [1.165, 1.54) is 0 Å². The fourth-order valence-corrected chi connectivity index (χ4v) is 5.33. The minimum Gasteiger partial charge on any atom is -0.379 e. The standard InChI is InChI=1S/C26H33F4N7O2/c1-35(2)12-15-9-16(15)25(38)31-11-23-33-24(34-39-23)22-10-17-19(32-20-7-8-36(3)13-18(20)27)5-4-6-21(17)37(22)14-26(28,29)30/h4-6,10,15-16,18,20,32H,7-9,11-14H2,1-3H3,(H,31,38)/t15-,16+,18-,20+/m0/s1. The fraction of sp³-hybridized carbons (Fsp3) is 0.577. The molecule has 212 valence electrons. The van der Waals surface area contributed by atoms with Crippen LogP contribution >= 0.6 is 0 Å². The number of rotatable bonds is 9. The van der Waals surface area contributed by atoms with Gasteiger partial charge >= 0.3 is 6.18 Å². The minimum absolute atomic E-state index is 0.0165. The highest BCUT2D eigenvalue weighted by atomic mass is 19.4. The lowest BCUT2D eigenvalue weighted by molar-refractivity contribution is -0.139. The monoisotopic (exact) mass is 551 g/mol. The molecule has 1 aliphatic heterocycles. The van der Waals surface area contributed by atoms with Gasteiger partial charge in [-0.05, 0) is 58.1 Å². The molecule has 3 aromatic rings. The van der Waals surface area contributed by atoms with Gasteiger partial charge in [0, 0.05) is 36.6 Å². The number of nitrogens with zero attached hydrogens (tertiary/aromatic N) is 5. The second-order valence-corrected chi connectivity index (χ2v) is 10.9. The Morgan fingerprint density at radius 3 is 2.79 bits per heavy atom. The summed E-state index contributed by atoms with van der Waals surface area (Å²) in [5.74, 6) is 0.204. The van der Waals surface area contributed by atoms with E-state index < -0.39 is 24.9 Å². The molecule has 1 aromatic carbocycles. The summed E-state index contributed by atoms with van der Waals surface area (Å²) in [6.45, 7) is 0.552. The number of anilines is 1. The summed E-state index contributed by atoms with van der Waals surface area (Å²) >= 11 is 0. The summed E-state index contributed by atoms with van der Waals surface area (Å²) in [7, 11) is 5.76. The second-order valence-electron chi connectivity index (χ2n) is 10.9. The van der Waals surface area contributed by atoms with Crippen LogP contribution in [0.1, 0.15) is 18.7 Å². The predicted molar refractivity (Wildman–Crippen MR) is 138 cm³/mol. The van der Waals surface area contributed by atoms with Crippen LogP contribution in [0.25, 0.3) is 22.4 Å². The van der Waals surface area contributed by atoms with Crippen LogP contribution in [0.4, 0.5) is 23.2 Å². The Morgan fingerprint density at radius 2 is 2.08 bits per heavy atom. The zero-order chi connectivity index (χ0) is 27.9. The molecule has 2 aliphatic rings. The van der Waals surface area contributed by atoms with Crippen molar-refractivity contribution in [2.45, 2.75) is 44.3 Å². The molecule has 39 heavy (non-hydrogen) atoms. The lowest BCUT2D eigenvalue weighted by Gasteiger charge is -2.33. The molecule has 9 nitrogen and oxygen atoms in total. The Kier molecular flexibility index (Phi) is 7.55. The molecule has 0 bridgehead atoms. The Hall–Kier alpha value is -3.19. The lowest BCUT2D eigenvalue weighted by Crippen LogP contribution is -2.46. The molecule has 13 heteroatoms. The van der Waals surface area contributed by atoms with E-state index in [1.807, 2.05) is 30.9 Å². The smallest absolute Gasteiger partial charge is 0.379 e. The number of likely N-dealkylation sites (tertiary alicyclic amines) is 1. The quantitative estimate of drug-likeness (QED) is 0.394. The third-order valence-corrected chi connectivity index (χ3v) is 7.34. The Balaban J connectivity index is 1.37. The second kappa shape index (κ2) is 10.8. The molecule has 0 radical (unpaired) electrons. The first-order chi connectivity index (χ1) is 18.5. The Bertz CT molecular complexity index is 1320. The van der Waals surface area contributed by atoms with Gasteiger partial charge in [0.1, 0.15) is 12.7 Å². The number of alkyl halides is 4. The van der Waals surface area contributed by atoms with E-state index in [0.29, 0.717) is 35.5 Å². The number of carbonyl (C=O) groups excluding carboxylic acids is 1. The van der Waals surface area contributed by atoms with Crippen LogP contribution in [-0.2, 0) is 17.9 Å². The van der Waals surface area contributed by atoms with Crippen LogP contribution in [-0.4, -0.2) is 89.6 Å².